The average molecular weight is 337 g/mol. The molecule has 0 saturated heterocycles. The van der Waals surface area contributed by atoms with Gasteiger partial charge in [0, 0.05) is 23.1 Å². The van der Waals surface area contributed by atoms with Crippen molar-refractivity contribution in [1.29, 1.82) is 0 Å². The van der Waals surface area contributed by atoms with Crippen LogP contribution < -0.4 is 5.32 Å². The van der Waals surface area contributed by atoms with Gasteiger partial charge in [0.25, 0.3) is 0 Å². The second kappa shape index (κ2) is 8.18. The highest BCUT2D eigenvalue weighted by Gasteiger charge is 2.09. The molecular weight excluding hydrogens is 319 g/mol. The molecule has 0 radical (unpaired) electrons. The summed E-state index contributed by atoms with van der Waals surface area (Å²) in [5.74, 6) is -0.0468. The number of halogens is 2. The van der Waals surface area contributed by atoms with Crippen molar-refractivity contribution in [2.45, 2.75) is 13.1 Å². The Labute approximate surface area is 140 Å². The summed E-state index contributed by atoms with van der Waals surface area (Å²) in [4.78, 5) is 13.9. The zero-order valence-electron chi connectivity index (χ0n) is 12.4. The minimum absolute atomic E-state index is 0.0468. The lowest BCUT2D eigenvalue weighted by Crippen LogP contribution is -2.34. The van der Waals surface area contributed by atoms with Crippen LogP contribution in [0.1, 0.15) is 11.1 Å². The summed E-state index contributed by atoms with van der Waals surface area (Å²) in [6.07, 6.45) is 0. The Bertz CT molecular complexity index is 646. The molecular formula is C17H18Cl2N2O. The molecule has 22 heavy (non-hydrogen) atoms. The third-order valence-corrected chi connectivity index (χ3v) is 3.98. The second-order valence-corrected chi connectivity index (χ2v) is 5.95. The fourth-order valence-corrected chi connectivity index (χ4v) is 2.51. The van der Waals surface area contributed by atoms with Crippen LogP contribution in [0.15, 0.2) is 48.5 Å². The molecule has 0 aromatic heterocycles. The van der Waals surface area contributed by atoms with Crippen molar-refractivity contribution in [2.75, 3.05) is 13.6 Å². The van der Waals surface area contributed by atoms with E-state index in [-0.39, 0.29) is 5.91 Å². The van der Waals surface area contributed by atoms with Gasteiger partial charge in [-0.2, -0.15) is 0 Å². The number of rotatable bonds is 6. The van der Waals surface area contributed by atoms with Gasteiger partial charge < -0.3 is 5.32 Å². The largest absolute Gasteiger partial charge is 0.351 e. The lowest BCUT2D eigenvalue weighted by Gasteiger charge is -2.17. The molecule has 0 atom stereocenters. The van der Waals surface area contributed by atoms with E-state index in [9.17, 15) is 4.79 Å². The predicted octanol–water partition coefficient (Wildman–Crippen LogP) is 3.74. The summed E-state index contributed by atoms with van der Waals surface area (Å²) >= 11 is 12.2. The molecule has 1 N–H and O–H groups in total. The first-order chi connectivity index (χ1) is 10.6. The van der Waals surface area contributed by atoms with Crippen molar-refractivity contribution in [3.63, 3.8) is 0 Å². The Morgan fingerprint density at radius 1 is 1.00 bits per heavy atom. The second-order valence-electron chi connectivity index (χ2n) is 5.13. The number of nitrogens with zero attached hydrogens (tertiary/aromatic N) is 1. The van der Waals surface area contributed by atoms with Crippen LogP contribution in [0.3, 0.4) is 0 Å². The minimum Gasteiger partial charge on any atom is -0.351 e. The topological polar surface area (TPSA) is 32.3 Å². The highest BCUT2D eigenvalue weighted by molar-refractivity contribution is 6.31. The van der Waals surface area contributed by atoms with Crippen LogP contribution in [-0.2, 0) is 17.9 Å². The molecule has 0 spiro atoms. The lowest BCUT2D eigenvalue weighted by molar-refractivity contribution is -0.122. The third kappa shape index (κ3) is 5.02. The molecule has 2 aromatic carbocycles. The van der Waals surface area contributed by atoms with Crippen molar-refractivity contribution in [3.05, 3.63) is 69.7 Å². The molecule has 5 heteroatoms. The summed E-state index contributed by atoms with van der Waals surface area (Å²) in [6, 6.07) is 15.1. The number of hydrogen-bond donors (Lipinski definition) is 1. The molecule has 0 aliphatic rings. The Morgan fingerprint density at radius 2 is 1.55 bits per heavy atom. The number of carbonyl (C=O) groups is 1. The van der Waals surface area contributed by atoms with Crippen molar-refractivity contribution < 1.29 is 4.79 Å². The maximum absolute atomic E-state index is 12.0. The fraction of sp³-hybridized carbons (Fsp3) is 0.235. The van der Waals surface area contributed by atoms with E-state index in [1.807, 2.05) is 60.5 Å². The van der Waals surface area contributed by atoms with E-state index in [2.05, 4.69) is 5.32 Å². The Balaban J connectivity index is 1.82. The van der Waals surface area contributed by atoms with Gasteiger partial charge in [0.15, 0.2) is 0 Å². The van der Waals surface area contributed by atoms with Gasteiger partial charge in [-0.05, 0) is 30.3 Å². The highest BCUT2D eigenvalue weighted by atomic mass is 35.5. The first-order valence-corrected chi connectivity index (χ1v) is 7.74. The molecule has 116 valence electrons. The van der Waals surface area contributed by atoms with Gasteiger partial charge in [0.2, 0.25) is 5.91 Å². The van der Waals surface area contributed by atoms with E-state index in [1.165, 1.54) is 0 Å². The molecule has 0 aliphatic heterocycles. The maximum atomic E-state index is 12.0. The number of hydrogen-bond acceptors (Lipinski definition) is 2. The number of nitrogens with one attached hydrogen (secondary N) is 1. The molecule has 0 fully saturated rings. The minimum atomic E-state index is -0.0468. The van der Waals surface area contributed by atoms with Crippen LogP contribution >= 0.6 is 23.2 Å². The van der Waals surface area contributed by atoms with Gasteiger partial charge in [-0.25, -0.2) is 0 Å². The quantitative estimate of drug-likeness (QED) is 0.871. The summed E-state index contributed by atoms with van der Waals surface area (Å²) in [5, 5.41) is 4.25. The highest BCUT2D eigenvalue weighted by Crippen LogP contribution is 2.16. The van der Waals surface area contributed by atoms with Crippen LogP contribution in [0.5, 0.6) is 0 Å². The van der Waals surface area contributed by atoms with Crippen molar-refractivity contribution in [1.82, 2.24) is 10.2 Å². The molecule has 2 rings (SSSR count). The van der Waals surface area contributed by atoms with Crippen LogP contribution in [-0.4, -0.2) is 24.4 Å². The predicted molar refractivity (Wildman–Crippen MR) is 91.1 cm³/mol. The SMILES string of the molecule is CN(CC(=O)NCc1ccccc1Cl)Cc1ccccc1Cl. The van der Waals surface area contributed by atoms with Crippen LogP contribution in [0.4, 0.5) is 0 Å². The van der Waals surface area contributed by atoms with E-state index in [4.69, 9.17) is 23.2 Å². The summed E-state index contributed by atoms with van der Waals surface area (Å²) < 4.78 is 0. The van der Waals surface area contributed by atoms with E-state index < -0.39 is 0 Å². The van der Waals surface area contributed by atoms with E-state index >= 15 is 0 Å². The normalized spacial score (nSPS) is 10.7. The van der Waals surface area contributed by atoms with Crippen molar-refractivity contribution in [3.8, 4) is 0 Å². The average Bonchev–Trinajstić information content (AvgIpc) is 2.49. The van der Waals surface area contributed by atoms with Gasteiger partial charge in [0.1, 0.15) is 0 Å². The number of amides is 1. The van der Waals surface area contributed by atoms with Gasteiger partial charge in [-0.15, -0.1) is 0 Å². The van der Waals surface area contributed by atoms with E-state index in [1.54, 1.807) is 0 Å². The standard InChI is InChI=1S/C17H18Cl2N2O/c1-21(11-14-7-3-5-9-16(14)19)12-17(22)20-10-13-6-2-4-8-15(13)18/h2-9H,10-12H2,1H3,(H,20,22). The maximum Gasteiger partial charge on any atom is 0.234 e. The van der Waals surface area contributed by atoms with Crippen molar-refractivity contribution in [2.24, 2.45) is 0 Å². The molecule has 0 heterocycles. The van der Waals surface area contributed by atoms with Crippen LogP contribution in [0, 0.1) is 0 Å². The number of carbonyl (C=O) groups excluding carboxylic acids is 1. The molecule has 2 aromatic rings. The lowest BCUT2D eigenvalue weighted by atomic mass is 10.2. The number of benzene rings is 2. The zero-order chi connectivity index (χ0) is 15.9. The fourth-order valence-electron chi connectivity index (χ4n) is 2.11. The Morgan fingerprint density at radius 3 is 2.14 bits per heavy atom. The third-order valence-electron chi connectivity index (χ3n) is 3.25. The van der Waals surface area contributed by atoms with E-state index in [0.717, 1.165) is 11.1 Å². The van der Waals surface area contributed by atoms with Crippen LogP contribution in [0.2, 0.25) is 10.0 Å². The first kappa shape index (κ1) is 16.8. The Kier molecular flexibility index (Phi) is 6.25. The first-order valence-electron chi connectivity index (χ1n) is 6.98. The van der Waals surface area contributed by atoms with Gasteiger partial charge in [0.05, 0.1) is 6.54 Å². The number of likely N-dealkylation sites (N-methyl/N-ethyl adjacent to an activating group) is 1. The van der Waals surface area contributed by atoms with Crippen LogP contribution in [0.25, 0.3) is 0 Å². The molecule has 1 amide bonds. The molecule has 0 saturated carbocycles. The van der Waals surface area contributed by atoms with Gasteiger partial charge >= 0.3 is 0 Å². The summed E-state index contributed by atoms with van der Waals surface area (Å²) in [6.45, 7) is 1.35. The van der Waals surface area contributed by atoms with E-state index in [0.29, 0.717) is 29.7 Å². The molecule has 0 unspecified atom stereocenters. The molecule has 3 nitrogen and oxygen atoms in total. The zero-order valence-corrected chi connectivity index (χ0v) is 13.9. The van der Waals surface area contributed by atoms with Gasteiger partial charge in [-0.1, -0.05) is 59.6 Å². The summed E-state index contributed by atoms with van der Waals surface area (Å²) in [7, 11) is 1.89. The smallest absolute Gasteiger partial charge is 0.234 e. The Hall–Kier alpha value is -1.55. The molecule has 0 aliphatic carbocycles. The van der Waals surface area contributed by atoms with Gasteiger partial charge in [-0.3, -0.25) is 9.69 Å². The molecule has 0 bridgehead atoms. The van der Waals surface area contributed by atoms with Crippen molar-refractivity contribution >= 4 is 29.1 Å². The monoisotopic (exact) mass is 336 g/mol. The summed E-state index contributed by atoms with van der Waals surface area (Å²) in [5.41, 5.74) is 1.91.